The number of benzene rings is 2. The molecule has 0 aliphatic carbocycles. The molecule has 0 fully saturated rings. The van der Waals surface area contributed by atoms with Crippen molar-refractivity contribution < 1.29 is 37.0 Å². The Labute approximate surface area is 177 Å². The number of aromatic hydroxyl groups is 1. The van der Waals surface area contributed by atoms with E-state index in [1.165, 1.54) is 18.2 Å². The van der Waals surface area contributed by atoms with Gasteiger partial charge in [-0.2, -0.15) is 13.2 Å². The van der Waals surface area contributed by atoms with Crippen LogP contribution in [0.2, 0.25) is 0 Å². The van der Waals surface area contributed by atoms with Gasteiger partial charge in [-0.3, -0.25) is 14.9 Å². The number of ether oxygens (including phenoxy) is 1. The highest BCUT2D eigenvalue weighted by molar-refractivity contribution is 5.81. The number of esters is 1. The van der Waals surface area contributed by atoms with Crippen molar-refractivity contribution in [3.8, 4) is 16.9 Å². The van der Waals surface area contributed by atoms with Gasteiger partial charge in [0.2, 0.25) is 0 Å². The van der Waals surface area contributed by atoms with Crippen LogP contribution < -0.4 is 5.32 Å². The predicted molar refractivity (Wildman–Crippen MR) is 106 cm³/mol. The monoisotopic (exact) mass is 441 g/mol. The summed E-state index contributed by atoms with van der Waals surface area (Å²) in [6, 6.07) is 3.02. The van der Waals surface area contributed by atoms with Crippen molar-refractivity contribution in [2.45, 2.75) is 38.5 Å². The highest BCUT2D eigenvalue weighted by Gasteiger charge is 2.43. The second kappa shape index (κ2) is 9.91. The maximum absolute atomic E-state index is 14.8. The minimum atomic E-state index is -4.82. The number of hydrogen-bond donors (Lipinski definition) is 2. The number of methoxy groups -OCH3 is 1. The topological polar surface area (TPSA) is 75.6 Å². The predicted octanol–water partition coefficient (Wildman–Crippen LogP) is 4.79. The van der Waals surface area contributed by atoms with E-state index >= 15 is 0 Å². The smallest absolute Gasteiger partial charge is 0.407 e. The summed E-state index contributed by atoms with van der Waals surface area (Å²) in [4.78, 5) is 22.9. The van der Waals surface area contributed by atoms with Gasteiger partial charge in [0.25, 0.3) is 0 Å². The van der Waals surface area contributed by atoms with Crippen LogP contribution in [0.5, 0.6) is 5.75 Å². The van der Waals surface area contributed by atoms with Crippen LogP contribution >= 0.6 is 0 Å². The SMILES string of the molecule is COC(=O)C(CC(C)C)NC(c1ccc(-c2cc(C=O)ccc2O)c(F)c1)C(F)(F)F. The van der Waals surface area contributed by atoms with Crippen LogP contribution in [0.15, 0.2) is 36.4 Å². The average Bonchev–Trinajstić information content (AvgIpc) is 2.69. The fourth-order valence-electron chi connectivity index (χ4n) is 3.20. The van der Waals surface area contributed by atoms with Gasteiger partial charge in [0, 0.05) is 16.7 Å². The van der Waals surface area contributed by atoms with E-state index in [1.807, 2.05) is 0 Å². The number of nitrogens with one attached hydrogen (secondary N) is 1. The van der Waals surface area contributed by atoms with Gasteiger partial charge in [-0.25, -0.2) is 4.39 Å². The molecule has 0 spiro atoms. The number of hydrogen-bond acceptors (Lipinski definition) is 5. The number of alkyl halides is 3. The van der Waals surface area contributed by atoms with Gasteiger partial charge in [-0.1, -0.05) is 26.0 Å². The fourth-order valence-corrected chi connectivity index (χ4v) is 3.20. The Morgan fingerprint density at radius 1 is 1.16 bits per heavy atom. The lowest BCUT2D eigenvalue weighted by Crippen LogP contribution is -2.45. The van der Waals surface area contributed by atoms with E-state index in [0.29, 0.717) is 12.4 Å². The zero-order valence-electron chi connectivity index (χ0n) is 17.2. The lowest BCUT2D eigenvalue weighted by molar-refractivity contribution is -0.164. The van der Waals surface area contributed by atoms with Gasteiger partial charge in [0.15, 0.2) is 0 Å². The summed E-state index contributed by atoms with van der Waals surface area (Å²) in [5.41, 5.74) is -0.479. The van der Waals surface area contributed by atoms with E-state index in [4.69, 9.17) is 0 Å². The highest BCUT2D eigenvalue weighted by atomic mass is 19.4. The first kappa shape index (κ1) is 24.3. The molecule has 0 heterocycles. The molecule has 2 aromatic rings. The number of halogens is 4. The van der Waals surface area contributed by atoms with E-state index < -0.39 is 35.6 Å². The van der Waals surface area contributed by atoms with Crippen molar-refractivity contribution in [3.05, 3.63) is 53.3 Å². The molecule has 0 aromatic heterocycles. The van der Waals surface area contributed by atoms with Crippen LogP contribution in [0.3, 0.4) is 0 Å². The lowest BCUT2D eigenvalue weighted by atomic mass is 9.96. The Morgan fingerprint density at radius 2 is 1.84 bits per heavy atom. The minimum absolute atomic E-state index is 0.0302. The van der Waals surface area contributed by atoms with E-state index in [0.717, 1.165) is 19.2 Å². The summed E-state index contributed by atoms with van der Waals surface area (Å²) in [5.74, 6) is -2.30. The van der Waals surface area contributed by atoms with Crippen LogP contribution in [-0.2, 0) is 9.53 Å². The van der Waals surface area contributed by atoms with Crippen LogP contribution in [-0.4, -0.2) is 36.7 Å². The molecule has 0 saturated heterocycles. The summed E-state index contributed by atoms with van der Waals surface area (Å²) < 4.78 is 60.7. The first-order valence-electron chi connectivity index (χ1n) is 9.46. The van der Waals surface area contributed by atoms with Gasteiger partial charge >= 0.3 is 12.1 Å². The summed E-state index contributed by atoms with van der Waals surface area (Å²) in [7, 11) is 1.08. The molecule has 2 rings (SSSR count). The largest absolute Gasteiger partial charge is 0.507 e. The summed E-state index contributed by atoms with van der Waals surface area (Å²) in [5, 5.41) is 12.2. The third kappa shape index (κ3) is 6.04. The number of carbonyl (C=O) groups excluding carboxylic acids is 2. The molecule has 2 atom stereocenters. The summed E-state index contributed by atoms with van der Waals surface area (Å²) in [6.45, 7) is 3.49. The molecule has 5 nitrogen and oxygen atoms in total. The van der Waals surface area contributed by atoms with Crippen LogP contribution in [0, 0.1) is 11.7 Å². The molecule has 9 heteroatoms. The van der Waals surface area contributed by atoms with E-state index in [2.05, 4.69) is 10.1 Å². The Morgan fingerprint density at radius 3 is 2.35 bits per heavy atom. The standard InChI is InChI=1S/C22H23F4NO4/c1-12(2)8-18(21(30)31-3)27-20(22(24,25)26)14-5-6-15(17(23)10-14)16-9-13(11-28)4-7-19(16)29/h4-7,9-12,18,20,27,29H,8H2,1-3H3. The number of aldehydes is 1. The molecule has 2 N–H and O–H groups in total. The van der Waals surface area contributed by atoms with Gasteiger partial charge in [0.1, 0.15) is 29.9 Å². The highest BCUT2D eigenvalue weighted by Crippen LogP contribution is 2.37. The maximum atomic E-state index is 14.8. The number of carbonyl (C=O) groups is 2. The third-order valence-corrected chi connectivity index (χ3v) is 4.66. The minimum Gasteiger partial charge on any atom is -0.507 e. The number of rotatable bonds is 8. The Kier molecular flexibility index (Phi) is 7.78. The second-order valence-corrected chi connectivity index (χ2v) is 7.48. The van der Waals surface area contributed by atoms with Crippen molar-refractivity contribution in [2.24, 2.45) is 5.92 Å². The molecule has 2 aromatic carbocycles. The number of phenolic OH excluding ortho intramolecular Hbond substituents is 1. The molecule has 2 unspecified atom stereocenters. The second-order valence-electron chi connectivity index (χ2n) is 7.48. The zero-order valence-corrected chi connectivity index (χ0v) is 17.2. The van der Waals surface area contributed by atoms with Crippen molar-refractivity contribution in [3.63, 3.8) is 0 Å². The first-order valence-corrected chi connectivity index (χ1v) is 9.46. The molecule has 0 radical (unpaired) electrons. The van der Waals surface area contributed by atoms with Gasteiger partial charge in [0.05, 0.1) is 7.11 Å². The van der Waals surface area contributed by atoms with E-state index in [9.17, 15) is 32.3 Å². The van der Waals surface area contributed by atoms with Crippen molar-refractivity contribution in [1.29, 1.82) is 0 Å². The van der Waals surface area contributed by atoms with Crippen molar-refractivity contribution >= 4 is 12.3 Å². The third-order valence-electron chi connectivity index (χ3n) is 4.66. The number of phenols is 1. The molecular weight excluding hydrogens is 418 g/mol. The molecule has 0 amide bonds. The summed E-state index contributed by atoms with van der Waals surface area (Å²) >= 11 is 0. The van der Waals surface area contributed by atoms with Crippen LogP contribution in [0.25, 0.3) is 11.1 Å². The Hall–Kier alpha value is -2.94. The van der Waals surface area contributed by atoms with Crippen molar-refractivity contribution in [1.82, 2.24) is 5.32 Å². The molecule has 0 bridgehead atoms. The Bertz CT molecular complexity index is 944. The van der Waals surface area contributed by atoms with Crippen LogP contribution in [0.1, 0.15) is 42.2 Å². The quantitative estimate of drug-likeness (QED) is 0.350. The molecule has 0 aliphatic heterocycles. The zero-order chi connectivity index (χ0) is 23.3. The fraction of sp³-hybridized carbons (Fsp3) is 0.364. The van der Waals surface area contributed by atoms with Gasteiger partial charge in [-0.15, -0.1) is 0 Å². The molecule has 0 saturated carbocycles. The van der Waals surface area contributed by atoms with Gasteiger partial charge in [-0.05, 0) is 42.2 Å². The maximum Gasteiger partial charge on any atom is 0.407 e. The normalized spacial score (nSPS) is 13.7. The molecule has 0 aliphatic rings. The molecule has 168 valence electrons. The van der Waals surface area contributed by atoms with E-state index in [1.54, 1.807) is 13.8 Å². The van der Waals surface area contributed by atoms with Crippen LogP contribution in [0.4, 0.5) is 17.6 Å². The summed E-state index contributed by atoms with van der Waals surface area (Å²) in [6.07, 6.45) is -4.23. The molecule has 31 heavy (non-hydrogen) atoms. The molecular formula is C22H23F4NO4. The van der Waals surface area contributed by atoms with Crippen molar-refractivity contribution in [2.75, 3.05) is 7.11 Å². The first-order chi connectivity index (χ1) is 14.5. The average molecular weight is 441 g/mol. The van der Waals surface area contributed by atoms with Gasteiger partial charge < -0.3 is 9.84 Å². The Balaban J connectivity index is 2.46. The van der Waals surface area contributed by atoms with E-state index in [-0.39, 0.29) is 34.8 Å². The lowest BCUT2D eigenvalue weighted by Gasteiger charge is -2.27.